The van der Waals surface area contributed by atoms with Crippen molar-refractivity contribution in [3.05, 3.63) is 0 Å². The Kier molecular flexibility index (Phi) is 15.4. The average Bonchev–Trinajstić information content (AvgIpc) is 2.53. The standard InChI is InChI=1S/C20H40O5/c1-18(2)8-6-10-22-12-14-24-16-17-25-15-13-23-11-7-9-19(21)20(3,4)5/h18H,6-17H2,1-5H3. The van der Waals surface area contributed by atoms with E-state index in [1.54, 1.807) is 0 Å². The lowest BCUT2D eigenvalue weighted by Gasteiger charge is -2.16. The average molecular weight is 361 g/mol. The van der Waals surface area contributed by atoms with E-state index in [-0.39, 0.29) is 11.2 Å². The molecule has 0 rings (SSSR count). The largest absolute Gasteiger partial charge is 0.379 e. The van der Waals surface area contributed by atoms with Crippen molar-refractivity contribution in [1.82, 2.24) is 0 Å². The van der Waals surface area contributed by atoms with E-state index in [0.717, 1.165) is 25.4 Å². The Bertz CT molecular complexity index is 310. The Labute approximate surface area is 154 Å². The first kappa shape index (κ1) is 24.5. The number of Topliss-reactive ketones (excluding diaryl/α,β-unsaturated/α-hetero) is 1. The van der Waals surface area contributed by atoms with E-state index < -0.39 is 0 Å². The first-order valence-corrected chi connectivity index (χ1v) is 9.68. The number of ether oxygens (including phenoxy) is 4. The highest BCUT2D eigenvalue weighted by Gasteiger charge is 2.19. The maximum atomic E-state index is 11.7. The molecule has 0 aromatic carbocycles. The molecule has 0 saturated carbocycles. The Hall–Kier alpha value is -0.490. The Morgan fingerprint density at radius 3 is 1.52 bits per heavy atom. The van der Waals surface area contributed by atoms with Crippen LogP contribution >= 0.6 is 0 Å². The molecule has 0 amide bonds. The molecule has 150 valence electrons. The van der Waals surface area contributed by atoms with Crippen molar-refractivity contribution in [2.75, 3.05) is 52.9 Å². The van der Waals surface area contributed by atoms with Crippen LogP contribution in [0.4, 0.5) is 0 Å². The summed E-state index contributed by atoms with van der Waals surface area (Å²) in [6.07, 6.45) is 3.68. The molecule has 0 radical (unpaired) electrons. The number of hydrogen-bond acceptors (Lipinski definition) is 5. The molecule has 0 saturated heterocycles. The molecule has 0 aliphatic carbocycles. The van der Waals surface area contributed by atoms with Crippen molar-refractivity contribution < 1.29 is 23.7 Å². The maximum absolute atomic E-state index is 11.7. The van der Waals surface area contributed by atoms with Gasteiger partial charge in [-0.3, -0.25) is 4.79 Å². The molecule has 5 heteroatoms. The first-order valence-electron chi connectivity index (χ1n) is 9.68. The number of hydrogen-bond donors (Lipinski definition) is 0. The number of carbonyl (C=O) groups is 1. The zero-order valence-electron chi connectivity index (χ0n) is 17.1. The smallest absolute Gasteiger partial charge is 0.138 e. The summed E-state index contributed by atoms with van der Waals surface area (Å²) in [5, 5.41) is 0. The van der Waals surface area contributed by atoms with E-state index in [2.05, 4.69) is 13.8 Å². The van der Waals surface area contributed by atoms with Gasteiger partial charge in [0.1, 0.15) is 5.78 Å². The molecule has 0 unspecified atom stereocenters. The summed E-state index contributed by atoms with van der Waals surface area (Å²) in [6, 6.07) is 0. The quantitative estimate of drug-likeness (QED) is 0.368. The second-order valence-electron chi connectivity index (χ2n) is 7.76. The molecule has 25 heavy (non-hydrogen) atoms. The summed E-state index contributed by atoms with van der Waals surface area (Å²) in [4.78, 5) is 11.7. The number of carbonyl (C=O) groups excluding carboxylic acids is 1. The summed E-state index contributed by atoms with van der Waals surface area (Å²) in [6.45, 7) is 15.2. The fourth-order valence-electron chi connectivity index (χ4n) is 2.07. The predicted octanol–water partition coefficient (Wildman–Crippen LogP) is 3.88. The minimum absolute atomic E-state index is 0.248. The summed E-state index contributed by atoms with van der Waals surface area (Å²) in [5.41, 5.74) is -0.248. The van der Waals surface area contributed by atoms with Crippen molar-refractivity contribution in [2.45, 2.75) is 60.3 Å². The molecule has 5 nitrogen and oxygen atoms in total. The molecule has 0 bridgehead atoms. The van der Waals surface area contributed by atoms with Gasteiger partial charge in [0.2, 0.25) is 0 Å². The highest BCUT2D eigenvalue weighted by atomic mass is 16.6. The van der Waals surface area contributed by atoms with E-state index in [4.69, 9.17) is 18.9 Å². The van der Waals surface area contributed by atoms with Crippen LogP contribution in [0.5, 0.6) is 0 Å². The summed E-state index contributed by atoms with van der Waals surface area (Å²) in [7, 11) is 0. The van der Waals surface area contributed by atoms with Crippen LogP contribution in [-0.2, 0) is 23.7 Å². The highest BCUT2D eigenvalue weighted by Crippen LogP contribution is 2.17. The van der Waals surface area contributed by atoms with E-state index in [9.17, 15) is 4.79 Å². The lowest BCUT2D eigenvalue weighted by molar-refractivity contribution is -0.126. The van der Waals surface area contributed by atoms with Crippen LogP contribution in [0.25, 0.3) is 0 Å². The second-order valence-corrected chi connectivity index (χ2v) is 7.76. The van der Waals surface area contributed by atoms with Crippen LogP contribution < -0.4 is 0 Å². The summed E-state index contributed by atoms with van der Waals surface area (Å²) >= 11 is 0. The van der Waals surface area contributed by atoms with Gasteiger partial charge in [-0.25, -0.2) is 0 Å². The van der Waals surface area contributed by atoms with Crippen LogP contribution in [0.3, 0.4) is 0 Å². The lowest BCUT2D eigenvalue weighted by atomic mass is 9.88. The van der Waals surface area contributed by atoms with Gasteiger partial charge >= 0.3 is 0 Å². The molecular weight excluding hydrogens is 320 g/mol. The molecular formula is C20H40O5. The lowest BCUT2D eigenvalue weighted by Crippen LogP contribution is -2.20. The van der Waals surface area contributed by atoms with Crippen molar-refractivity contribution in [1.29, 1.82) is 0 Å². The van der Waals surface area contributed by atoms with E-state index >= 15 is 0 Å². The van der Waals surface area contributed by atoms with Gasteiger partial charge in [-0.05, 0) is 25.2 Å². The number of rotatable bonds is 17. The van der Waals surface area contributed by atoms with Gasteiger partial charge < -0.3 is 18.9 Å². The van der Waals surface area contributed by atoms with Crippen LogP contribution in [-0.4, -0.2) is 58.6 Å². The zero-order valence-corrected chi connectivity index (χ0v) is 17.1. The number of ketones is 1. The van der Waals surface area contributed by atoms with E-state index in [1.165, 1.54) is 6.42 Å². The molecule has 0 heterocycles. The Morgan fingerprint density at radius 2 is 1.12 bits per heavy atom. The van der Waals surface area contributed by atoms with Gasteiger partial charge in [-0.15, -0.1) is 0 Å². The van der Waals surface area contributed by atoms with Crippen molar-refractivity contribution >= 4 is 5.78 Å². The van der Waals surface area contributed by atoms with E-state index in [1.807, 2.05) is 20.8 Å². The molecule has 0 aliphatic heterocycles. The molecule has 0 N–H and O–H groups in total. The second kappa shape index (κ2) is 15.7. The van der Waals surface area contributed by atoms with Gasteiger partial charge in [0.15, 0.2) is 0 Å². The summed E-state index contributed by atoms with van der Waals surface area (Å²) < 4.78 is 21.8. The van der Waals surface area contributed by atoms with Gasteiger partial charge in [-0.1, -0.05) is 34.6 Å². The van der Waals surface area contributed by atoms with E-state index in [0.29, 0.717) is 52.7 Å². The van der Waals surface area contributed by atoms with Crippen LogP contribution in [0, 0.1) is 11.3 Å². The Balaban J connectivity index is 3.13. The van der Waals surface area contributed by atoms with Crippen molar-refractivity contribution in [3.63, 3.8) is 0 Å². The fourth-order valence-corrected chi connectivity index (χ4v) is 2.07. The third-order valence-electron chi connectivity index (χ3n) is 3.72. The molecule has 0 aromatic rings. The topological polar surface area (TPSA) is 54.0 Å². The normalized spacial score (nSPS) is 12.1. The third-order valence-corrected chi connectivity index (χ3v) is 3.72. The van der Waals surface area contributed by atoms with Crippen molar-refractivity contribution in [2.24, 2.45) is 11.3 Å². The van der Waals surface area contributed by atoms with Crippen molar-refractivity contribution in [3.8, 4) is 0 Å². The molecule has 0 aromatic heterocycles. The SMILES string of the molecule is CC(C)CCCOCCOCCOCCOCCCC(=O)C(C)(C)C. The third kappa shape index (κ3) is 18.1. The van der Waals surface area contributed by atoms with Gasteiger partial charge in [0.25, 0.3) is 0 Å². The minimum atomic E-state index is -0.248. The van der Waals surface area contributed by atoms with Crippen LogP contribution in [0.1, 0.15) is 60.3 Å². The molecule has 0 atom stereocenters. The van der Waals surface area contributed by atoms with Gasteiger partial charge in [-0.2, -0.15) is 0 Å². The zero-order chi connectivity index (χ0) is 19.0. The summed E-state index contributed by atoms with van der Waals surface area (Å²) in [5.74, 6) is 1.03. The fraction of sp³-hybridized carbons (Fsp3) is 0.950. The van der Waals surface area contributed by atoms with Crippen LogP contribution in [0.2, 0.25) is 0 Å². The monoisotopic (exact) mass is 360 g/mol. The molecule has 0 aliphatic rings. The maximum Gasteiger partial charge on any atom is 0.138 e. The highest BCUT2D eigenvalue weighted by molar-refractivity contribution is 5.83. The van der Waals surface area contributed by atoms with Gasteiger partial charge in [0, 0.05) is 25.0 Å². The minimum Gasteiger partial charge on any atom is -0.379 e. The predicted molar refractivity (Wildman–Crippen MR) is 101 cm³/mol. The van der Waals surface area contributed by atoms with Gasteiger partial charge in [0.05, 0.1) is 39.6 Å². The molecule has 0 spiro atoms. The Morgan fingerprint density at radius 1 is 0.720 bits per heavy atom. The molecule has 0 fully saturated rings. The first-order chi connectivity index (χ1) is 11.8. The van der Waals surface area contributed by atoms with Crippen LogP contribution in [0.15, 0.2) is 0 Å².